The fourth-order valence-electron chi connectivity index (χ4n) is 1.44. The van der Waals surface area contributed by atoms with Crippen LogP contribution in [0.2, 0.25) is 4.34 Å². The average Bonchev–Trinajstić information content (AvgIpc) is 2.85. The Kier molecular flexibility index (Phi) is 4.19. The molecule has 0 aliphatic heterocycles. The van der Waals surface area contributed by atoms with Crippen LogP contribution in [0.25, 0.3) is 0 Å². The van der Waals surface area contributed by atoms with Crippen LogP contribution in [-0.4, -0.2) is 19.0 Å². The zero-order valence-electron chi connectivity index (χ0n) is 9.98. The molecular weight excluding hydrogens is 286 g/mol. The molecule has 0 unspecified atom stereocenters. The van der Waals surface area contributed by atoms with Crippen LogP contribution >= 0.6 is 22.9 Å². The summed E-state index contributed by atoms with van der Waals surface area (Å²) in [6.45, 7) is 0. The van der Waals surface area contributed by atoms with Crippen LogP contribution in [0.15, 0.2) is 36.4 Å². The number of amides is 1. The molecule has 0 atom stereocenters. The summed E-state index contributed by atoms with van der Waals surface area (Å²) in [5.74, 6) is -0.648. The molecule has 19 heavy (non-hydrogen) atoms. The molecule has 1 aromatic carbocycles. The average molecular weight is 296 g/mol. The van der Waals surface area contributed by atoms with Crippen LogP contribution in [-0.2, 0) is 4.74 Å². The number of carbonyl (C=O) groups is 2. The van der Waals surface area contributed by atoms with Crippen molar-refractivity contribution in [1.29, 1.82) is 0 Å². The van der Waals surface area contributed by atoms with E-state index in [0.717, 1.165) is 0 Å². The van der Waals surface area contributed by atoms with Gasteiger partial charge in [0.15, 0.2) is 0 Å². The highest BCUT2D eigenvalue weighted by molar-refractivity contribution is 7.18. The maximum absolute atomic E-state index is 11.9. The molecule has 0 aliphatic rings. The highest BCUT2D eigenvalue weighted by Gasteiger charge is 2.10. The minimum Gasteiger partial charge on any atom is -0.465 e. The number of hydrogen-bond acceptors (Lipinski definition) is 4. The Labute approximate surface area is 119 Å². The Morgan fingerprint density at radius 3 is 2.37 bits per heavy atom. The highest BCUT2D eigenvalue weighted by atomic mass is 35.5. The number of esters is 1. The summed E-state index contributed by atoms with van der Waals surface area (Å²) in [4.78, 5) is 23.6. The quantitative estimate of drug-likeness (QED) is 0.883. The Morgan fingerprint density at radius 2 is 1.84 bits per heavy atom. The van der Waals surface area contributed by atoms with Crippen LogP contribution in [0.1, 0.15) is 20.0 Å². The van der Waals surface area contributed by atoms with Crippen molar-refractivity contribution in [1.82, 2.24) is 0 Å². The minimum absolute atomic E-state index is 0.234. The lowest BCUT2D eigenvalue weighted by molar-refractivity contribution is 0.0600. The lowest BCUT2D eigenvalue weighted by Gasteiger charge is -2.04. The van der Waals surface area contributed by atoms with E-state index in [1.54, 1.807) is 36.4 Å². The van der Waals surface area contributed by atoms with Crippen molar-refractivity contribution in [3.8, 4) is 0 Å². The second-order valence-electron chi connectivity index (χ2n) is 3.63. The van der Waals surface area contributed by atoms with Gasteiger partial charge in [0.2, 0.25) is 0 Å². The van der Waals surface area contributed by atoms with E-state index < -0.39 is 5.97 Å². The van der Waals surface area contributed by atoms with Gasteiger partial charge in [-0.3, -0.25) is 4.79 Å². The molecule has 0 aliphatic carbocycles. The number of ether oxygens (including phenoxy) is 1. The number of rotatable bonds is 3. The molecule has 1 amide bonds. The molecule has 1 heterocycles. The molecule has 4 nitrogen and oxygen atoms in total. The van der Waals surface area contributed by atoms with Gasteiger partial charge < -0.3 is 10.1 Å². The number of thiophene rings is 1. The Balaban J connectivity index is 2.07. The summed E-state index contributed by atoms with van der Waals surface area (Å²) in [7, 11) is 1.32. The van der Waals surface area contributed by atoms with Gasteiger partial charge in [0, 0.05) is 5.69 Å². The van der Waals surface area contributed by atoms with Gasteiger partial charge >= 0.3 is 5.97 Å². The lowest BCUT2D eigenvalue weighted by Crippen LogP contribution is -2.10. The van der Waals surface area contributed by atoms with Crippen molar-refractivity contribution in [2.45, 2.75) is 0 Å². The fourth-order valence-corrected chi connectivity index (χ4v) is 2.37. The molecule has 0 spiro atoms. The topological polar surface area (TPSA) is 55.4 Å². The summed E-state index contributed by atoms with van der Waals surface area (Å²) >= 11 is 6.97. The van der Waals surface area contributed by atoms with Gasteiger partial charge in [-0.1, -0.05) is 11.6 Å². The maximum Gasteiger partial charge on any atom is 0.337 e. The molecule has 6 heteroatoms. The van der Waals surface area contributed by atoms with Gasteiger partial charge in [0.1, 0.15) is 0 Å². The number of nitrogens with one attached hydrogen (secondary N) is 1. The predicted octanol–water partition coefficient (Wildman–Crippen LogP) is 3.44. The maximum atomic E-state index is 11.9. The van der Waals surface area contributed by atoms with Crippen LogP contribution in [0.3, 0.4) is 0 Å². The third kappa shape index (κ3) is 3.33. The molecule has 1 aromatic heterocycles. The minimum atomic E-state index is -0.414. The normalized spacial score (nSPS) is 10.0. The zero-order valence-corrected chi connectivity index (χ0v) is 11.5. The summed E-state index contributed by atoms with van der Waals surface area (Å²) in [6.07, 6.45) is 0. The first-order valence-electron chi connectivity index (χ1n) is 5.35. The first kappa shape index (κ1) is 13.6. The number of hydrogen-bond donors (Lipinski definition) is 1. The van der Waals surface area contributed by atoms with E-state index in [1.807, 2.05) is 0 Å². The lowest BCUT2D eigenvalue weighted by atomic mass is 10.2. The van der Waals surface area contributed by atoms with Crippen LogP contribution in [0, 0.1) is 0 Å². The molecule has 0 saturated heterocycles. The molecule has 0 saturated carbocycles. The van der Waals surface area contributed by atoms with Gasteiger partial charge in [-0.25, -0.2) is 4.79 Å². The van der Waals surface area contributed by atoms with E-state index in [2.05, 4.69) is 10.1 Å². The molecule has 98 valence electrons. The Morgan fingerprint density at radius 1 is 1.16 bits per heavy atom. The van der Waals surface area contributed by atoms with E-state index >= 15 is 0 Å². The molecule has 1 N–H and O–H groups in total. The summed E-state index contributed by atoms with van der Waals surface area (Å²) in [5.41, 5.74) is 1.03. The smallest absolute Gasteiger partial charge is 0.337 e. The number of anilines is 1. The second-order valence-corrected chi connectivity index (χ2v) is 5.34. The first-order valence-corrected chi connectivity index (χ1v) is 6.54. The van der Waals surface area contributed by atoms with Crippen LogP contribution < -0.4 is 5.32 Å². The van der Waals surface area contributed by atoms with E-state index in [9.17, 15) is 9.59 Å². The molecular formula is C13H10ClNO3S. The van der Waals surface area contributed by atoms with Gasteiger partial charge in [-0.05, 0) is 36.4 Å². The van der Waals surface area contributed by atoms with Crippen molar-refractivity contribution in [2.24, 2.45) is 0 Å². The van der Waals surface area contributed by atoms with Gasteiger partial charge in [-0.15, -0.1) is 11.3 Å². The Hall–Kier alpha value is -1.85. The number of benzene rings is 1. The largest absolute Gasteiger partial charge is 0.465 e. The van der Waals surface area contributed by atoms with Gasteiger partial charge in [0.05, 0.1) is 21.9 Å². The monoisotopic (exact) mass is 295 g/mol. The van der Waals surface area contributed by atoms with Gasteiger partial charge in [-0.2, -0.15) is 0 Å². The number of methoxy groups -OCH3 is 1. The van der Waals surface area contributed by atoms with E-state index in [1.165, 1.54) is 18.4 Å². The second kappa shape index (κ2) is 5.86. The molecule has 2 aromatic rings. The number of halogens is 1. The third-order valence-corrected chi connectivity index (χ3v) is 3.59. The Bertz CT molecular complexity index is 607. The molecule has 0 radical (unpaired) electrons. The van der Waals surface area contributed by atoms with E-state index in [0.29, 0.717) is 20.5 Å². The van der Waals surface area contributed by atoms with Crippen LogP contribution in [0.5, 0.6) is 0 Å². The standard InChI is InChI=1S/C13H10ClNO3S/c1-18-13(17)8-2-4-9(5-3-8)15-12(16)10-6-7-11(14)19-10/h2-7H,1H3,(H,15,16). The fraction of sp³-hybridized carbons (Fsp3) is 0.0769. The number of carbonyl (C=O) groups excluding carboxylic acids is 2. The van der Waals surface area contributed by atoms with Gasteiger partial charge in [0.25, 0.3) is 5.91 Å². The molecule has 0 fully saturated rings. The van der Waals surface area contributed by atoms with E-state index in [-0.39, 0.29) is 5.91 Å². The van der Waals surface area contributed by atoms with Crippen molar-refractivity contribution in [2.75, 3.05) is 12.4 Å². The van der Waals surface area contributed by atoms with Crippen molar-refractivity contribution >= 4 is 40.5 Å². The predicted molar refractivity (Wildman–Crippen MR) is 75.1 cm³/mol. The van der Waals surface area contributed by atoms with Crippen molar-refractivity contribution < 1.29 is 14.3 Å². The summed E-state index contributed by atoms with van der Waals surface area (Å²) in [6, 6.07) is 9.77. The van der Waals surface area contributed by atoms with Crippen molar-refractivity contribution in [3.05, 3.63) is 51.2 Å². The zero-order chi connectivity index (χ0) is 13.8. The van der Waals surface area contributed by atoms with Crippen LogP contribution in [0.4, 0.5) is 5.69 Å². The van der Waals surface area contributed by atoms with Crippen molar-refractivity contribution in [3.63, 3.8) is 0 Å². The summed E-state index contributed by atoms with van der Waals surface area (Å²) in [5, 5.41) is 2.72. The SMILES string of the molecule is COC(=O)c1ccc(NC(=O)c2ccc(Cl)s2)cc1. The highest BCUT2D eigenvalue weighted by Crippen LogP contribution is 2.22. The third-order valence-electron chi connectivity index (χ3n) is 2.36. The first-order chi connectivity index (χ1) is 9.10. The molecule has 0 bridgehead atoms. The van der Waals surface area contributed by atoms with E-state index in [4.69, 9.17) is 11.6 Å². The molecule has 2 rings (SSSR count). The summed E-state index contributed by atoms with van der Waals surface area (Å²) < 4.78 is 5.15.